The summed E-state index contributed by atoms with van der Waals surface area (Å²) in [6, 6.07) is 17.8. The van der Waals surface area contributed by atoms with Crippen LogP contribution in [0.2, 0.25) is 0 Å². The van der Waals surface area contributed by atoms with Gasteiger partial charge in [0.25, 0.3) is 5.91 Å². The Bertz CT molecular complexity index is 1120. The molecule has 2 amide bonds. The number of aryl methyl sites for hydroxylation is 1. The third-order valence-electron chi connectivity index (χ3n) is 6.96. The molecule has 2 aromatic carbocycles. The first-order valence-electron chi connectivity index (χ1n) is 13.6. The average molecular weight is 507 g/mol. The molecule has 7 heteroatoms. The maximum Gasteiger partial charge on any atom is 0.257 e. The normalized spacial score (nSPS) is 12.8. The van der Waals surface area contributed by atoms with Crippen molar-refractivity contribution in [2.45, 2.75) is 84.8 Å². The Balaban J connectivity index is 1.52. The van der Waals surface area contributed by atoms with Crippen LogP contribution in [0.15, 0.2) is 54.6 Å². The molecule has 1 heterocycles. The molecule has 0 saturated heterocycles. The number of rotatable bonds is 15. The number of hydrogen-bond acceptors (Lipinski definition) is 4. The summed E-state index contributed by atoms with van der Waals surface area (Å²) in [6.45, 7) is 9.46. The number of aromatic nitrogens is 2. The van der Waals surface area contributed by atoms with Crippen molar-refractivity contribution in [3.8, 4) is 5.75 Å². The minimum atomic E-state index is -0.115. The second-order valence-electron chi connectivity index (χ2n) is 9.68. The van der Waals surface area contributed by atoms with Crippen LogP contribution >= 0.6 is 0 Å². The van der Waals surface area contributed by atoms with Gasteiger partial charge in [0.05, 0.1) is 11.0 Å². The average Bonchev–Trinajstić information content (AvgIpc) is 3.26. The van der Waals surface area contributed by atoms with Crippen LogP contribution in [0, 0.1) is 0 Å². The van der Waals surface area contributed by atoms with Gasteiger partial charge in [-0.25, -0.2) is 4.98 Å². The van der Waals surface area contributed by atoms with Crippen molar-refractivity contribution in [2.24, 2.45) is 0 Å². The number of amides is 2. The van der Waals surface area contributed by atoms with Crippen molar-refractivity contribution < 1.29 is 14.3 Å². The van der Waals surface area contributed by atoms with E-state index in [1.165, 1.54) is 0 Å². The molecule has 2 unspecified atom stereocenters. The minimum Gasteiger partial charge on any atom is -0.484 e. The maximum absolute atomic E-state index is 13.5. The fourth-order valence-corrected chi connectivity index (χ4v) is 4.56. The summed E-state index contributed by atoms with van der Waals surface area (Å²) in [5, 5.41) is 2.92. The van der Waals surface area contributed by atoms with E-state index in [9.17, 15) is 9.59 Å². The number of hydrogen-bond donors (Lipinski definition) is 1. The van der Waals surface area contributed by atoms with E-state index in [0.29, 0.717) is 18.8 Å². The van der Waals surface area contributed by atoms with Gasteiger partial charge in [0.15, 0.2) is 6.61 Å². The molecule has 0 aliphatic carbocycles. The standard InChI is InChI=1S/C30H42N4O3/c1-5-23(3)34(24(4)6-2)30(36)21-33-27-18-13-12-17-26(27)32-28(33)19-11-8-14-20-31-29(35)22-37-25-15-9-7-10-16-25/h7,9-10,12-13,15-18,23-24H,5-6,8,11,14,19-22H2,1-4H3,(H,31,35). The van der Waals surface area contributed by atoms with E-state index in [1.807, 2.05) is 59.5 Å². The second-order valence-corrected chi connectivity index (χ2v) is 9.68. The van der Waals surface area contributed by atoms with Crippen LogP contribution in [-0.4, -0.2) is 51.5 Å². The smallest absolute Gasteiger partial charge is 0.257 e. The van der Waals surface area contributed by atoms with E-state index < -0.39 is 0 Å². The number of unbranched alkanes of at least 4 members (excludes halogenated alkanes) is 2. The summed E-state index contributed by atoms with van der Waals surface area (Å²) in [6.07, 6.45) is 5.44. The quantitative estimate of drug-likeness (QED) is 0.281. The highest BCUT2D eigenvalue weighted by Crippen LogP contribution is 2.20. The fraction of sp³-hybridized carbons (Fsp3) is 0.500. The van der Waals surface area contributed by atoms with Crippen molar-refractivity contribution in [1.29, 1.82) is 0 Å². The lowest BCUT2D eigenvalue weighted by Gasteiger charge is -2.34. The van der Waals surface area contributed by atoms with Crippen LogP contribution in [-0.2, 0) is 22.6 Å². The second kappa shape index (κ2) is 14.4. The van der Waals surface area contributed by atoms with Gasteiger partial charge in [-0.1, -0.05) is 50.6 Å². The lowest BCUT2D eigenvalue weighted by atomic mass is 10.1. The summed E-state index contributed by atoms with van der Waals surface area (Å²) < 4.78 is 7.58. The minimum absolute atomic E-state index is 0.0202. The topological polar surface area (TPSA) is 76.5 Å². The van der Waals surface area contributed by atoms with Crippen LogP contribution in [0.3, 0.4) is 0 Å². The molecular formula is C30H42N4O3. The van der Waals surface area contributed by atoms with Crippen LogP contribution in [0.5, 0.6) is 5.75 Å². The molecule has 0 fully saturated rings. The molecule has 0 aliphatic rings. The number of para-hydroxylation sites is 3. The van der Waals surface area contributed by atoms with E-state index in [1.54, 1.807) is 0 Å². The van der Waals surface area contributed by atoms with Gasteiger partial charge < -0.3 is 19.5 Å². The lowest BCUT2D eigenvalue weighted by molar-refractivity contribution is -0.136. The summed E-state index contributed by atoms with van der Waals surface area (Å²) in [7, 11) is 0. The fourth-order valence-electron chi connectivity index (χ4n) is 4.56. The maximum atomic E-state index is 13.5. The highest BCUT2D eigenvalue weighted by atomic mass is 16.5. The van der Waals surface area contributed by atoms with Gasteiger partial charge in [-0.2, -0.15) is 0 Å². The van der Waals surface area contributed by atoms with Crippen LogP contribution in [0.1, 0.15) is 65.6 Å². The number of carbonyl (C=O) groups is 2. The molecule has 3 rings (SSSR count). The highest BCUT2D eigenvalue weighted by Gasteiger charge is 2.25. The summed E-state index contributed by atoms with van der Waals surface area (Å²) in [5.74, 6) is 1.67. The van der Waals surface area contributed by atoms with Gasteiger partial charge >= 0.3 is 0 Å². The van der Waals surface area contributed by atoms with Crippen LogP contribution < -0.4 is 10.1 Å². The predicted octanol–water partition coefficient (Wildman–Crippen LogP) is 5.37. The largest absolute Gasteiger partial charge is 0.484 e. The zero-order valence-corrected chi connectivity index (χ0v) is 22.8. The van der Waals surface area contributed by atoms with Gasteiger partial charge in [0.2, 0.25) is 5.91 Å². The predicted molar refractivity (Wildman–Crippen MR) is 149 cm³/mol. The van der Waals surface area contributed by atoms with Crippen molar-refractivity contribution in [3.05, 3.63) is 60.4 Å². The van der Waals surface area contributed by atoms with E-state index in [2.05, 4.69) is 37.6 Å². The molecule has 2 atom stereocenters. The number of imidazole rings is 1. The molecule has 0 spiro atoms. The first-order chi connectivity index (χ1) is 17.9. The number of fused-ring (bicyclic) bond motifs is 1. The zero-order chi connectivity index (χ0) is 26.6. The summed E-state index contributed by atoms with van der Waals surface area (Å²) in [4.78, 5) is 32.4. The van der Waals surface area contributed by atoms with Crippen molar-refractivity contribution in [1.82, 2.24) is 19.8 Å². The first-order valence-corrected chi connectivity index (χ1v) is 13.6. The monoisotopic (exact) mass is 506 g/mol. The third-order valence-corrected chi connectivity index (χ3v) is 6.96. The third kappa shape index (κ3) is 8.07. The number of nitrogens with one attached hydrogen (secondary N) is 1. The molecule has 0 bridgehead atoms. The number of benzene rings is 2. The molecule has 0 radical (unpaired) electrons. The molecule has 0 saturated carbocycles. The van der Waals surface area contributed by atoms with E-state index in [0.717, 1.165) is 55.4 Å². The Morgan fingerprint density at radius 1 is 0.946 bits per heavy atom. The Labute approximate surface area is 221 Å². The molecule has 0 aliphatic heterocycles. The highest BCUT2D eigenvalue weighted by molar-refractivity contribution is 5.81. The van der Waals surface area contributed by atoms with E-state index in [-0.39, 0.29) is 30.5 Å². The Hall–Kier alpha value is -3.35. The first kappa shape index (κ1) is 28.2. The van der Waals surface area contributed by atoms with Gasteiger partial charge in [-0.15, -0.1) is 0 Å². The molecule has 7 nitrogen and oxygen atoms in total. The molecule has 37 heavy (non-hydrogen) atoms. The van der Waals surface area contributed by atoms with Gasteiger partial charge in [0, 0.05) is 25.0 Å². The molecule has 1 N–H and O–H groups in total. The number of nitrogens with zero attached hydrogens (tertiary/aromatic N) is 3. The Morgan fingerprint density at radius 3 is 2.32 bits per heavy atom. The zero-order valence-electron chi connectivity index (χ0n) is 22.8. The van der Waals surface area contributed by atoms with E-state index in [4.69, 9.17) is 9.72 Å². The molecular weight excluding hydrogens is 464 g/mol. The van der Waals surface area contributed by atoms with Crippen molar-refractivity contribution in [2.75, 3.05) is 13.2 Å². The Morgan fingerprint density at radius 2 is 1.62 bits per heavy atom. The Kier molecular flexibility index (Phi) is 11.0. The van der Waals surface area contributed by atoms with Crippen molar-refractivity contribution in [3.63, 3.8) is 0 Å². The van der Waals surface area contributed by atoms with Gasteiger partial charge in [-0.3, -0.25) is 9.59 Å². The van der Waals surface area contributed by atoms with Crippen molar-refractivity contribution >= 4 is 22.8 Å². The van der Waals surface area contributed by atoms with Crippen LogP contribution in [0.25, 0.3) is 11.0 Å². The van der Waals surface area contributed by atoms with Gasteiger partial charge in [0.1, 0.15) is 18.1 Å². The summed E-state index contributed by atoms with van der Waals surface area (Å²) >= 11 is 0. The van der Waals surface area contributed by atoms with Crippen LogP contribution in [0.4, 0.5) is 0 Å². The molecule has 1 aromatic heterocycles. The van der Waals surface area contributed by atoms with Gasteiger partial charge in [-0.05, 0) is 63.8 Å². The number of ether oxygens (including phenoxy) is 1. The van der Waals surface area contributed by atoms with E-state index >= 15 is 0 Å². The molecule has 3 aromatic rings. The SMILES string of the molecule is CCC(C)N(C(=O)Cn1c(CCCCCNC(=O)COc2ccccc2)nc2ccccc21)C(C)CC. The lowest BCUT2D eigenvalue weighted by Crippen LogP contribution is -2.45. The molecule has 200 valence electrons. The summed E-state index contributed by atoms with van der Waals surface area (Å²) in [5.41, 5.74) is 1.93. The number of carbonyl (C=O) groups excluding carboxylic acids is 2.